The van der Waals surface area contributed by atoms with Gasteiger partial charge in [0, 0.05) is 19.3 Å². The zero-order valence-corrected chi connectivity index (χ0v) is 15.7. The smallest absolute Gasteiger partial charge is 0.302 e. The van der Waals surface area contributed by atoms with E-state index in [0.29, 0.717) is 17.8 Å². The number of aliphatic hydroxyl groups excluding tert-OH is 2. The van der Waals surface area contributed by atoms with Crippen molar-refractivity contribution >= 4 is 5.97 Å². The number of fused-ring (bicyclic) bond motifs is 5. The fraction of sp³-hybridized carbons (Fsp3) is 0.857. The second-order valence-corrected chi connectivity index (χ2v) is 9.50. The SMILES string of the molecule is CC(=O)O[C@@H]1CC2=CC(O)CC[C@]2(C)[C@H]2CC[C@]3(C)[C@@H](O)CC[C@H]3[C@H]12. The summed E-state index contributed by atoms with van der Waals surface area (Å²) in [6.45, 7) is 6.10. The van der Waals surface area contributed by atoms with Crippen molar-refractivity contribution in [3.63, 3.8) is 0 Å². The molecular formula is C21H32O4. The highest BCUT2D eigenvalue weighted by molar-refractivity contribution is 5.66. The molecule has 0 spiro atoms. The molecule has 0 radical (unpaired) electrons. The molecule has 4 aliphatic rings. The maximum absolute atomic E-state index is 11.8. The second-order valence-electron chi connectivity index (χ2n) is 9.50. The number of esters is 1. The van der Waals surface area contributed by atoms with Crippen molar-refractivity contribution in [2.75, 3.05) is 0 Å². The number of hydrogen-bond donors (Lipinski definition) is 2. The lowest BCUT2D eigenvalue weighted by atomic mass is 9.46. The first kappa shape index (κ1) is 17.5. The van der Waals surface area contributed by atoms with Crippen molar-refractivity contribution < 1.29 is 19.7 Å². The molecule has 0 aromatic heterocycles. The molecule has 1 unspecified atom stereocenters. The Labute approximate surface area is 150 Å². The summed E-state index contributed by atoms with van der Waals surface area (Å²) in [7, 11) is 0. The molecule has 0 aromatic rings. The number of aliphatic hydroxyl groups is 2. The minimum atomic E-state index is -0.361. The Morgan fingerprint density at radius 3 is 2.60 bits per heavy atom. The van der Waals surface area contributed by atoms with E-state index in [0.717, 1.165) is 44.9 Å². The van der Waals surface area contributed by atoms with Gasteiger partial charge in [0.05, 0.1) is 12.2 Å². The monoisotopic (exact) mass is 348 g/mol. The van der Waals surface area contributed by atoms with Crippen molar-refractivity contribution in [2.45, 2.75) is 84.0 Å². The highest BCUT2D eigenvalue weighted by Gasteiger charge is 2.62. The van der Waals surface area contributed by atoms with Crippen molar-refractivity contribution in [1.29, 1.82) is 0 Å². The van der Waals surface area contributed by atoms with Gasteiger partial charge in [0.2, 0.25) is 0 Å². The zero-order valence-electron chi connectivity index (χ0n) is 15.7. The van der Waals surface area contributed by atoms with Gasteiger partial charge in [-0.25, -0.2) is 0 Å². The normalized spacial score (nSPS) is 51.8. The third-order valence-electron chi connectivity index (χ3n) is 8.36. The molecule has 140 valence electrons. The molecule has 25 heavy (non-hydrogen) atoms. The summed E-state index contributed by atoms with van der Waals surface area (Å²) >= 11 is 0. The first-order valence-corrected chi connectivity index (χ1v) is 10.0. The van der Waals surface area contributed by atoms with Gasteiger partial charge >= 0.3 is 5.97 Å². The Morgan fingerprint density at radius 1 is 1.12 bits per heavy atom. The van der Waals surface area contributed by atoms with Crippen LogP contribution in [0.2, 0.25) is 0 Å². The van der Waals surface area contributed by atoms with Gasteiger partial charge in [-0.1, -0.05) is 25.5 Å². The van der Waals surface area contributed by atoms with Crippen LogP contribution < -0.4 is 0 Å². The molecule has 0 aliphatic heterocycles. The van der Waals surface area contributed by atoms with Crippen molar-refractivity contribution in [3.8, 4) is 0 Å². The molecule has 0 heterocycles. The maximum Gasteiger partial charge on any atom is 0.302 e. The van der Waals surface area contributed by atoms with Crippen LogP contribution in [-0.4, -0.2) is 34.5 Å². The van der Waals surface area contributed by atoms with E-state index in [9.17, 15) is 15.0 Å². The Morgan fingerprint density at radius 2 is 1.88 bits per heavy atom. The molecule has 3 fully saturated rings. The summed E-state index contributed by atoms with van der Waals surface area (Å²) in [5, 5.41) is 20.8. The molecule has 3 saturated carbocycles. The molecule has 4 heteroatoms. The first-order valence-electron chi connectivity index (χ1n) is 10.0. The van der Waals surface area contributed by atoms with E-state index in [1.54, 1.807) is 0 Å². The van der Waals surface area contributed by atoms with Crippen LogP contribution in [0.15, 0.2) is 11.6 Å². The van der Waals surface area contributed by atoms with Gasteiger partial charge in [0.15, 0.2) is 0 Å². The average molecular weight is 348 g/mol. The van der Waals surface area contributed by atoms with Crippen LogP contribution in [0.3, 0.4) is 0 Å². The summed E-state index contributed by atoms with van der Waals surface area (Å²) in [5.41, 5.74) is 1.36. The van der Waals surface area contributed by atoms with Crippen molar-refractivity contribution in [3.05, 3.63) is 11.6 Å². The van der Waals surface area contributed by atoms with Crippen molar-refractivity contribution in [2.24, 2.45) is 28.6 Å². The van der Waals surface area contributed by atoms with E-state index in [-0.39, 0.29) is 35.1 Å². The lowest BCUT2D eigenvalue weighted by Gasteiger charge is -2.59. The quantitative estimate of drug-likeness (QED) is 0.564. The van der Waals surface area contributed by atoms with Gasteiger partial charge < -0.3 is 14.9 Å². The van der Waals surface area contributed by atoms with Crippen LogP contribution in [0.25, 0.3) is 0 Å². The van der Waals surface area contributed by atoms with Crippen LogP contribution in [0.4, 0.5) is 0 Å². The predicted octanol–water partition coefficient (Wildman–Crippen LogP) is 3.21. The zero-order chi connectivity index (χ0) is 18.0. The Bertz CT molecular complexity index is 599. The summed E-state index contributed by atoms with van der Waals surface area (Å²) in [5.74, 6) is 1.02. The van der Waals surface area contributed by atoms with E-state index in [1.165, 1.54) is 12.5 Å². The summed E-state index contributed by atoms with van der Waals surface area (Å²) in [6, 6.07) is 0. The highest BCUT2D eigenvalue weighted by Crippen LogP contribution is 2.65. The molecule has 0 bridgehead atoms. The second kappa shape index (κ2) is 5.82. The maximum atomic E-state index is 11.8. The summed E-state index contributed by atoms with van der Waals surface area (Å²) in [4.78, 5) is 11.8. The van der Waals surface area contributed by atoms with Gasteiger partial charge in [0.1, 0.15) is 6.10 Å². The number of carbonyl (C=O) groups excluding carboxylic acids is 1. The van der Waals surface area contributed by atoms with Gasteiger partial charge in [-0.2, -0.15) is 0 Å². The topological polar surface area (TPSA) is 66.8 Å². The third-order valence-corrected chi connectivity index (χ3v) is 8.36. The van der Waals surface area contributed by atoms with E-state index in [2.05, 4.69) is 13.8 Å². The predicted molar refractivity (Wildman–Crippen MR) is 94.7 cm³/mol. The standard InChI is InChI=1S/C21H32O4/c1-12(22)25-17-11-13-10-14(23)6-8-20(13,2)16-7-9-21(3)15(19(16)17)4-5-18(21)24/h10,14-19,23-24H,4-9,11H2,1-3H3/t14?,15-,16-,17+,18-,19-,20-,21-/m0/s1. The van der Waals surface area contributed by atoms with Crippen LogP contribution in [0.1, 0.15) is 65.7 Å². The van der Waals surface area contributed by atoms with Crippen molar-refractivity contribution in [1.82, 2.24) is 0 Å². The van der Waals surface area contributed by atoms with E-state index in [1.807, 2.05) is 6.08 Å². The molecule has 0 amide bonds. The van der Waals surface area contributed by atoms with Gasteiger partial charge in [-0.15, -0.1) is 0 Å². The molecule has 4 nitrogen and oxygen atoms in total. The minimum absolute atomic E-state index is 0.0364. The number of carbonyl (C=O) groups is 1. The van der Waals surface area contributed by atoms with E-state index >= 15 is 0 Å². The Kier molecular flexibility index (Phi) is 4.08. The number of hydrogen-bond acceptors (Lipinski definition) is 4. The molecule has 4 aliphatic carbocycles. The van der Waals surface area contributed by atoms with E-state index in [4.69, 9.17) is 4.74 Å². The molecule has 4 rings (SSSR count). The van der Waals surface area contributed by atoms with E-state index < -0.39 is 0 Å². The molecular weight excluding hydrogens is 316 g/mol. The molecule has 8 atom stereocenters. The summed E-state index contributed by atoms with van der Waals surface area (Å²) < 4.78 is 5.84. The Balaban J connectivity index is 1.75. The van der Waals surface area contributed by atoms with Crippen LogP contribution in [-0.2, 0) is 9.53 Å². The van der Waals surface area contributed by atoms with Crippen LogP contribution >= 0.6 is 0 Å². The first-order chi connectivity index (χ1) is 11.8. The highest BCUT2D eigenvalue weighted by atomic mass is 16.5. The lowest BCUT2D eigenvalue weighted by Crippen LogP contribution is -2.56. The molecule has 0 aromatic carbocycles. The van der Waals surface area contributed by atoms with Gasteiger partial charge in [-0.3, -0.25) is 4.79 Å². The average Bonchev–Trinajstić information content (AvgIpc) is 2.84. The van der Waals surface area contributed by atoms with Gasteiger partial charge in [0.25, 0.3) is 0 Å². The third kappa shape index (κ3) is 2.51. The number of ether oxygens (including phenoxy) is 1. The lowest BCUT2D eigenvalue weighted by molar-refractivity contribution is -0.168. The largest absolute Gasteiger partial charge is 0.462 e. The summed E-state index contributed by atoms with van der Waals surface area (Å²) in [6.07, 6.45) is 7.96. The molecule has 2 N–H and O–H groups in total. The Hall–Kier alpha value is -0.870. The van der Waals surface area contributed by atoms with Crippen LogP contribution in [0.5, 0.6) is 0 Å². The molecule has 0 saturated heterocycles. The fourth-order valence-electron chi connectivity index (χ4n) is 6.95. The van der Waals surface area contributed by atoms with Crippen LogP contribution in [0, 0.1) is 28.6 Å². The fourth-order valence-corrected chi connectivity index (χ4v) is 6.95. The number of rotatable bonds is 1. The minimum Gasteiger partial charge on any atom is -0.462 e. The van der Waals surface area contributed by atoms with Gasteiger partial charge in [-0.05, 0) is 61.2 Å².